The van der Waals surface area contributed by atoms with Gasteiger partial charge < -0.3 is 10.0 Å². The van der Waals surface area contributed by atoms with E-state index in [0.29, 0.717) is 25.2 Å². The molecule has 1 amide bonds. The van der Waals surface area contributed by atoms with Crippen LogP contribution in [0.4, 0.5) is 4.39 Å². The second-order valence-corrected chi connectivity index (χ2v) is 4.37. The van der Waals surface area contributed by atoms with Gasteiger partial charge in [-0.15, -0.1) is 12.4 Å². The van der Waals surface area contributed by atoms with Crippen molar-refractivity contribution in [3.05, 3.63) is 35.6 Å². The van der Waals surface area contributed by atoms with Gasteiger partial charge in [0.25, 0.3) is 5.91 Å². The van der Waals surface area contributed by atoms with E-state index < -0.39 is 0 Å². The third-order valence-electron chi connectivity index (χ3n) is 3.15. The summed E-state index contributed by atoms with van der Waals surface area (Å²) in [6.07, 6.45) is 0. The lowest BCUT2D eigenvalue weighted by Gasteiger charge is -2.34. The van der Waals surface area contributed by atoms with E-state index >= 15 is 0 Å². The zero-order valence-corrected chi connectivity index (χ0v) is 11.4. The minimum Gasteiger partial charge on any atom is -0.395 e. The fourth-order valence-electron chi connectivity index (χ4n) is 2.12. The van der Waals surface area contributed by atoms with Crippen molar-refractivity contribution < 1.29 is 14.3 Å². The molecule has 0 aromatic heterocycles. The normalized spacial score (nSPS) is 16.0. The summed E-state index contributed by atoms with van der Waals surface area (Å²) in [5.41, 5.74) is 0.394. The van der Waals surface area contributed by atoms with Crippen LogP contribution in [0.2, 0.25) is 0 Å². The molecule has 1 aliphatic rings. The number of piperazine rings is 1. The summed E-state index contributed by atoms with van der Waals surface area (Å²) in [5.74, 6) is -0.516. The second-order valence-electron chi connectivity index (χ2n) is 4.37. The first-order valence-electron chi connectivity index (χ1n) is 6.09. The summed E-state index contributed by atoms with van der Waals surface area (Å²) in [6.45, 7) is 3.52. The van der Waals surface area contributed by atoms with Crippen LogP contribution in [0.25, 0.3) is 0 Å². The zero-order chi connectivity index (χ0) is 13.0. The molecule has 1 fully saturated rings. The Bertz CT molecular complexity index is 423. The highest BCUT2D eigenvalue weighted by atomic mass is 35.5. The van der Waals surface area contributed by atoms with E-state index in [1.54, 1.807) is 17.0 Å². The van der Waals surface area contributed by atoms with Gasteiger partial charge in [0.1, 0.15) is 5.82 Å². The van der Waals surface area contributed by atoms with E-state index in [4.69, 9.17) is 5.11 Å². The maximum Gasteiger partial charge on any atom is 0.254 e. The third kappa shape index (κ3) is 4.16. The maximum absolute atomic E-state index is 13.1. The van der Waals surface area contributed by atoms with Gasteiger partial charge >= 0.3 is 0 Å². The number of aliphatic hydroxyl groups excluding tert-OH is 1. The van der Waals surface area contributed by atoms with E-state index in [-0.39, 0.29) is 30.7 Å². The Labute approximate surface area is 118 Å². The van der Waals surface area contributed by atoms with E-state index in [9.17, 15) is 9.18 Å². The molecule has 0 aliphatic carbocycles. The molecule has 1 aliphatic heterocycles. The minimum absolute atomic E-state index is 0. The summed E-state index contributed by atoms with van der Waals surface area (Å²) >= 11 is 0. The van der Waals surface area contributed by atoms with Crippen molar-refractivity contribution in [2.75, 3.05) is 39.3 Å². The standard InChI is InChI=1S/C13H17FN2O2.ClH/c14-12-3-1-2-11(10-12)13(18)16-6-4-15(5-7-16)8-9-17;/h1-3,10,17H,4-9H2;1H. The Balaban J connectivity index is 0.00000180. The first kappa shape index (κ1) is 15.9. The number of β-amino-alcohol motifs (C(OH)–C–C–N with tert-alkyl or cyclic N) is 1. The molecule has 0 atom stereocenters. The van der Waals surface area contributed by atoms with Crippen molar-refractivity contribution in [3.8, 4) is 0 Å². The molecule has 0 bridgehead atoms. The number of aliphatic hydroxyl groups is 1. The molecule has 0 saturated carbocycles. The van der Waals surface area contributed by atoms with Crippen molar-refractivity contribution in [2.24, 2.45) is 0 Å². The molecule has 19 heavy (non-hydrogen) atoms. The molecule has 106 valence electrons. The molecule has 6 heteroatoms. The van der Waals surface area contributed by atoms with Gasteiger partial charge in [-0.05, 0) is 18.2 Å². The van der Waals surface area contributed by atoms with Crippen LogP contribution < -0.4 is 0 Å². The van der Waals surface area contributed by atoms with Crippen LogP contribution in [0, 0.1) is 5.82 Å². The third-order valence-corrected chi connectivity index (χ3v) is 3.15. The lowest BCUT2D eigenvalue weighted by molar-refractivity contribution is 0.0614. The lowest BCUT2D eigenvalue weighted by atomic mass is 10.2. The van der Waals surface area contributed by atoms with Crippen molar-refractivity contribution in [2.45, 2.75) is 0 Å². The van der Waals surface area contributed by atoms with Gasteiger partial charge in [0.15, 0.2) is 0 Å². The number of hydrogen-bond donors (Lipinski definition) is 1. The van der Waals surface area contributed by atoms with E-state index in [0.717, 1.165) is 13.1 Å². The highest BCUT2D eigenvalue weighted by Gasteiger charge is 2.21. The van der Waals surface area contributed by atoms with Crippen LogP contribution in [0.15, 0.2) is 24.3 Å². The Morgan fingerprint density at radius 1 is 1.26 bits per heavy atom. The highest BCUT2D eigenvalue weighted by Crippen LogP contribution is 2.10. The van der Waals surface area contributed by atoms with Gasteiger partial charge in [0.2, 0.25) is 0 Å². The second kappa shape index (κ2) is 7.43. The van der Waals surface area contributed by atoms with Crippen LogP contribution in [-0.2, 0) is 0 Å². The average molecular weight is 289 g/mol. The Kier molecular flexibility index (Phi) is 6.21. The number of hydrogen-bond acceptors (Lipinski definition) is 3. The van der Waals surface area contributed by atoms with Crippen molar-refractivity contribution in [1.29, 1.82) is 0 Å². The SMILES string of the molecule is Cl.O=C(c1cccc(F)c1)N1CCN(CCO)CC1. The Hall–Kier alpha value is -1.17. The number of carbonyl (C=O) groups excluding carboxylic acids is 1. The van der Waals surface area contributed by atoms with Gasteiger partial charge in [0.05, 0.1) is 6.61 Å². The molecule has 1 N–H and O–H groups in total. The predicted octanol–water partition coefficient (Wildman–Crippen LogP) is 0.998. The van der Waals surface area contributed by atoms with Gasteiger partial charge in [-0.1, -0.05) is 6.07 Å². The highest BCUT2D eigenvalue weighted by molar-refractivity contribution is 5.94. The summed E-state index contributed by atoms with van der Waals surface area (Å²) in [7, 11) is 0. The molecular formula is C13H18ClFN2O2. The predicted molar refractivity (Wildman–Crippen MR) is 73.1 cm³/mol. The van der Waals surface area contributed by atoms with Crippen LogP contribution in [0.5, 0.6) is 0 Å². The smallest absolute Gasteiger partial charge is 0.254 e. The molecule has 1 heterocycles. The molecular weight excluding hydrogens is 271 g/mol. The molecule has 2 rings (SSSR count). The summed E-state index contributed by atoms with van der Waals surface area (Å²) in [5, 5.41) is 8.84. The van der Waals surface area contributed by atoms with Crippen LogP contribution >= 0.6 is 12.4 Å². The Morgan fingerprint density at radius 2 is 1.95 bits per heavy atom. The van der Waals surface area contributed by atoms with Gasteiger partial charge in [-0.3, -0.25) is 9.69 Å². The van der Waals surface area contributed by atoms with Gasteiger partial charge in [0, 0.05) is 38.3 Å². The first-order valence-corrected chi connectivity index (χ1v) is 6.09. The molecule has 4 nitrogen and oxygen atoms in total. The average Bonchev–Trinajstić information content (AvgIpc) is 2.39. The maximum atomic E-state index is 13.1. The zero-order valence-electron chi connectivity index (χ0n) is 10.6. The summed E-state index contributed by atoms with van der Waals surface area (Å²) < 4.78 is 13.1. The lowest BCUT2D eigenvalue weighted by Crippen LogP contribution is -2.49. The van der Waals surface area contributed by atoms with Gasteiger partial charge in [-0.2, -0.15) is 0 Å². The van der Waals surface area contributed by atoms with E-state index in [1.807, 2.05) is 0 Å². The Morgan fingerprint density at radius 3 is 2.53 bits per heavy atom. The van der Waals surface area contributed by atoms with Crippen molar-refractivity contribution in [1.82, 2.24) is 9.80 Å². The van der Waals surface area contributed by atoms with Crippen molar-refractivity contribution in [3.63, 3.8) is 0 Å². The monoisotopic (exact) mass is 288 g/mol. The number of amides is 1. The fraction of sp³-hybridized carbons (Fsp3) is 0.462. The topological polar surface area (TPSA) is 43.8 Å². The summed E-state index contributed by atoms with van der Waals surface area (Å²) in [4.78, 5) is 15.9. The van der Waals surface area contributed by atoms with Crippen LogP contribution in [-0.4, -0.2) is 60.1 Å². The number of nitrogens with zero attached hydrogens (tertiary/aromatic N) is 2. The van der Waals surface area contributed by atoms with Crippen molar-refractivity contribution >= 4 is 18.3 Å². The van der Waals surface area contributed by atoms with E-state index in [2.05, 4.69) is 4.90 Å². The minimum atomic E-state index is -0.389. The molecule has 0 spiro atoms. The number of rotatable bonds is 3. The molecule has 0 unspecified atom stereocenters. The van der Waals surface area contributed by atoms with Crippen LogP contribution in [0.3, 0.4) is 0 Å². The van der Waals surface area contributed by atoms with E-state index in [1.165, 1.54) is 12.1 Å². The quantitative estimate of drug-likeness (QED) is 0.902. The molecule has 1 aromatic carbocycles. The van der Waals surface area contributed by atoms with Gasteiger partial charge in [-0.25, -0.2) is 4.39 Å². The molecule has 1 aromatic rings. The number of benzene rings is 1. The molecule has 0 radical (unpaired) electrons. The number of halogens is 2. The largest absolute Gasteiger partial charge is 0.395 e. The first-order chi connectivity index (χ1) is 8.70. The molecule has 1 saturated heterocycles. The summed E-state index contributed by atoms with van der Waals surface area (Å²) in [6, 6.07) is 5.77. The fourth-order valence-corrected chi connectivity index (χ4v) is 2.12. The number of carbonyl (C=O) groups is 1. The van der Waals surface area contributed by atoms with Crippen LogP contribution in [0.1, 0.15) is 10.4 Å².